The van der Waals surface area contributed by atoms with Crippen LogP contribution in [0, 0.1) is 5.41 Å². The molecule has 0 aromatic rings. The van der Waals surface area contributed by atoms with Crippen LogP contribution in [-0.2, 0) is 9.59 Å². The van der Waals surface area contributed by atoms with E-state index in [1.807, 2.05) is 18.7 Å². The largest absolute Gasteiger partial charge is 0.481 e. The lowest BCUT2D eigenvalue weighted by atomic mass is 9.88. The Bertz CT molecular complexity index is 307. The predicted octanol–water partition coefficient (Wildman–Crippen LogP) is 1.89. The fourth-order valence-electron chi connectivity index (χ4n) is 2.12. The highest BCUT2D eigenvalue weighted by atomic mass is 16.4. The Morgan fingerprint density at radius 1 is 1.38 bits per heavy atom. The molecule has 1 fully saturated rings. The molecule has 0 aliphatic carbocycles. The number of amides is 1. The van der Waals surface area contributed by atoms with Gasteiger partial charge in [-0.05, 0) is 40.5 Å². The average Bonchev–Trinajstić information content (AvgIpc) is 2.43. The van der Waals surface area contributed by atoms with E-state index in [0.717, 1.165) is 19.4 Å². The van der Waals surface area contributed by atoms with Gasteiger partial charge in [-0.1, -0.05) is 0 Å². The van der Waals surface area contributed by atoms with Gasteiger partial charge in [-0.25, -0.2) is 0 Å². The minimum atomic E-state index is -0.976. The number of nitrogens with zero attached hydrogens (tertiary/aromatic N) is 1. The van der Waals surface area contributed by atoms with Crippen LogP contribution >= 0.6 is 0 Å². The third-order valence-corrected chi connectivity index (χ3v) is 3.37. The van der Waals surface area contributed by atoms with Gasteiger partial charge in [0.25, 0.3) is 0 Å². The van der Waals surface area contributed by atoms with Gasteiger partial charge in [0.1, 0.15) is 0 Å². The summed E-state index contributed by atoms with van der Waals surface area (Å²) in [5, 5.41) is 8.99. The Morgan fingerprint density at radius 3 is 2.31 bits per heavy atom. The molecule has 4 nitrogen and oxygen atoms in total. The van der Waals surface area contributed by atoms with Crippen LogP contribution in [0.15, 0.2) is 0 Å². The lowest BCUT2D eigenvalue weighted by molar-refractivity contribution is -0.152. The third-order valence-electron chi connectivity index (χ3n) is 3.37. The molecule has 0 bridgehead atoms. The van der Waals surface area contributed by atoms with Crippen molar-refractivity contribution in [2.24, 2.45) is 5.41 Å². The van der Waals surface area contributed by atoms with Crippen molar-refractivity contribution < 1.29 is 14.7 Å². The molecular weight excluding hydrogens is 206 g/mol. The molecule has 0 atom stereocenters. The molecule has 0 aromatic carbocycles. The van der Waals surface area contributed by atoms with Crippen LogP contribution in [-0.4, -0.2) is 34.0 Å². The Labute approximate surface area is 96.6 Å². The minimum absolute atomic E-state index is 0.0464. The maximum absolute atomic E-state index is 12.0. The van der Waals surface area contributed by atoms with Crippen molar-refractivity contribution in [3.63, 3.8) is 0 Å². The second kappa shape index (κ2) is 4.07. The van der Waals surface area contributed by atoms with Crippen LogP contribution in [0.1, 0.15) is 47.0 Å². The molecule has 0 spiro atoms. The molecule has 1 saturated heterocycles. The highest BCUT2D eigenvalue weighted by Crippen LogP contribution is 2.31. The molecule has 1 N–H and O–H groups in total. The van der Waals surface area contributed by atoms with E-state index in [0.29, 0.717) is 0 Å². The van der Waals surface area contributed by atoms with E-state index < -0.39 is 11.4 Å². The van der Waals surface area contributed by atoms with E-state index >= 15 is 0 Å². The summed E-state index contributed by atoms with van der Waals surface area (Å²) in [6, 6.07) is 0. The van der Waals surface area contributed by atoms with Gasteiger partial charge >= 0.3 is 5.97 Å². The molecule has 1 heterocycles. The number of carboxylic acids is 1. The average molecular weight is 227 g/mol. The molecule has 1 rings (SSSR count). The summed E-state index contributed by atoms with van der Waals surface area (Å²) in [5.41, 5.74) is -1.10. The highest BCUT2D eigenvalue weighted by Gasteiger charge is 2.39. The van der Waals surface area contributed by atoms with Crippen molar-refractivity contribution in [3.8, 4) is 0 Å². The van der Waals surface area contributed by atoms with Crippen molar-refractivity contribution >= 4 is 11.9 Å². The van der Waals surface area contributed by atoms with Crippen LogP contribution in [0.3, 0.4) is 0 Å². The van der Waals surface area contributed by atoms with Gasteiger partial charge < -0.3 is 10.0 Å². The molecule has 4 heteroatoms. The highest BCUT2D eigenvalue weighted by molar-refractivity contribution is 5.85. The standard InChI is InChI=1S/C12H21NO3/c1-11(2,10(15)16)8-9(14)13-7-5-6-12(13,3)4/h5-8H2,1-4H3,(H,15,16). The van der Waals surface area contributed by atoms with Gasteiger partial charge in [-0.2, -0.15) is 0 Å². The molecule has 16 heavy (non-hydrogen) atoms. The number of aliphatic carboxylic acids is 1. The molecule has 1 aliphatic rings. The molecular formula is C12H21NO3. The number of hydrogen-bond acceptors (Lipinski definition) is 2. The van der Waals surface area contributed by atoms with Crippen molar-refractivity contribution in [2.45, 2.75) is 52.5 Å². The number of carboxylic acid groups (broad SMARTS) is 1. The zero-order chi connectivity index (χ0) is 12.6. The first kappa shape index (κ1) is 13.0. The lowest BCUT2D eigenvalue weighted by Crippen LogP contribution is -2.45. The maximum Gasteiger partial charge on any atom is 0.309 e. The molecule has 0 radical (unpaired) electrons. The van der Waals surface area contributed by atoms with E-state index in [-0.39, 0.29) is 17.9 Å². The number of carbonyl (C=O) groups excluding carboxylic acids is 1. The summed E-state index contributed by atoms with van der Waals surface area (Å²) < 4.78 is 0. The smallest absolute Gasteiger partial charge is 0.309 e. The third kappa shape index (κ3) is 2.54. The first-order valence-corrected chi connectivity index (χ1v) is 5.71. The Kier molecular flexibility index (Phi) is 3.31. The van der Waals surface area contributed by atoms with E-state index in [9.17, 15) is 9.59 Å². The van der Waals surface area contributed by atoms with Crippen molar-refractivity contribution in [3.05, 3.63) is 0 Å². The van der Waals surface area contributed by atoms with Gasteiger partial charge in [-0.15, -0.1) is 0 Å². The quantitative estimate of drug-likeness (QED) is 0.801. The fraction of sp³-hybridized carbons (Fsp3) is 0.833. The second-order valence-corrected chi connectivity index (χ2v) is 5.83. The predicted molar refractivity (Wildman–Crippen MR) is 61.1 cm³/mol. The lowest BCUT2D eigenvalue weighted by Gasteiger charge is -2.33. The summed E-state index contributed by atoms with van der Waals surface area (Å²) in [6.07, 6.45) is 2.07. The van der Waals surface area contributed by atoms with Gasteiger partial charge in [-0.3, -0.25) is 9.59 Å². The van der Waals surface area contributed by atoms with Crippen molar-refractivity contribution in [1.29, 1.82) is 0 Å². The summed E-state index contributed by atoms with van der Waals surface area (Å²) in [5.74, 6) is -0.965. The van der Waals surface area contributed by atoms with E-state index in [2.05, 4.69) is 0 Å². The maximum atomic E-state index is 12.0. The second-order valence-electron chi connectivity index (χ2n) is 5.83. The van der Waals surface area contributed by atoms with E-state index in [4.69, 9.17) is 5.11 Å². The number of likely N-dealkylation sites (tertiary alicyclic amines) is 1. The normalized spacial score (nSPS) is 19.9. The first-order chi connectivity index (χ1) is 7.17. The molecule has 1 aliphatic heterocycles. The van der Waals surface area contributed by atoms with E-state index in [1.54, 1.807) is 13.8 Å². The molecule has 0 aromatic heterocycles. The summed E-state index contributed by atoms with van der Waals surface area (Å²) in [7, 11) is 0. The number of carbonyl (C=O) groups is 2. The SMILES string of the molecule is CC(C)(CC(=O)N1CCCC1(C)C)C(=O)O. The number of hydrogen-bond donors (Lipinski definition) is 1. The molecule has 0 saturated carbocycles. The Morgan fingerprint density at radius 2 is 1.94 bits per heavy atom. The van der Waals surface area contributed by atoms with Crippen molar-refractivity contribution in [1.82, 2.24) is 4.90 Å². The van der Waals surface area contributed by atoms with E-state index in [1.165, 1.54) is 0 Å². The Hall–Kier alpha value is -1.06. The Balaban J connectivity index is 2.70. The van der Waals surface area contributed by atoms with Gasteiger partial charge in [0.05, 0.1) is 5.41 Å². The monoisotopic (exact) mass is 227 g/mol. The van der Waals surface area contributed by atoms with Crippen LogP contribution in [0.5, 0.6) is 0 Å². The zero-order valence-corrected chi connectivity index (χ0v) is 10.5. The van der Waals surface area contributed by atoms with Crippen LogP contribution in [0.4, 0.5) is 0 Å². The van der Waals surface area contributed by atoms with Crippen LogP contribution < -0.4 is 0 Å². The minimum Gasteiger partial charge on any atom is -0.481 e. The van der Waals surface area contributed by atoms with Gasteiger partial charge in [0, 0.05) is 18.5 Å². The zero-order valence-electron chi connectivity index (χ0n) is 10.5. The molecule has 0 unspecified atom stereocenters. The molecule has 1 amide bonds. The first-order valence-electron chi connectivity index (χ1n) is 5.71. The van der Waals surface area contributed by atoms with Gasteiger partial charge in [0.2, 0.25) is 5.91 Å². The van der Waals surface area contributed by atoms with Gasteiger partial charge in [0.15, 0.2) is 0 Å². The summed E-state index contributed by atoms with van der Waals surface area (Å²) >= 11 is 0. The summed E-state index contributed by atoms with van der Waals surface area (Å²) in [6.45, 7) is 8.01. The van der Waals surface area contributed by atoms with Crippen LogP contribution in [0.2, 0.25) is 0 Å². The van der Waals surface area contributed by atoms with Crippen LogP contribution in [0.25, 0.3) is 0 Å². The summed E-state index contributed by atoms with van der Waals surface area (Å²) in [4.78, 5) is 24.8. The number of rotatable bonds is 3. The molecule has 92 valence electrons. The van der Waals surface area contributed by atoms with Crippen molar-refractivity contribution in [2.75, 3.05) is 6.54 Å². The topological polar surface area (TPSA) is 57.6 Å². The fourth-order valence-corrected chi connectivity index (χ4v) is 2.12.